The van der Waals surface area contributed by atoms with E-state index in [9.17, 15) is 13.2 Å². The third kappa shape index (κ3) is 4.92. The lowest BCUT2D eigenvalue weighted by molar-refractivity contribution is -0.138. The Kier molecular flexibility index (Phi) is 5.36. The van der Waals surface area contributed by atoms with Gasteiger partial charge in [-0.05, 0) is 49.0 Å². The average Bonchev–Trinajstić information content (AvgIpc) is 2.58. The first-order valence-electron chi connectivity index (χ1n) is 8.35. The monoisotopic (exact) mass is 337 g/mol. The van der Waals surface area contributed by atoms with Crippen LogP contribution >= 0.6 is 0 Å². The Labute approximate surface area is 139 Å². The van der Waals surface area contributed by atoms with Gasteiger partial charge in [0.15, 0.2) is 0 Å². The molecule has 0 bridgehead atoms. The van der Waals surface area contributed by atoms with Crippen molar-refractivity contribution in [2.45, 2.75) is 38.0 Å². The van der Waals surface area contributed by atoms with E-state index in [1.165, 1.54) is 10.9 Å². The van der Waals surface area contributed by atoms with E-state index in [1.54, 1.807) is 6.20 Å². The van der Waals surface area contributed by atoms with Crippen molar-refractivity contribution in [3.05, 3.63) is 42.2 Å². The second-order valence-corrected chi connectivity index (χ2v) is 6.42. The lowest BCUT2D eigenvalue weighted by Gasteiger charge is -2.32. The SMILES string of the molecule is FC(F)(F)CCN1CCC(NCc2ccc3cnccc3c2)CC1. The smallest absolute Gasteiger partial charge is 0.310 e. The van der Waals surface area contributed by atoms with Crippen LogP contribution in [0.4, 0.5) is 13.2 Å². The van der Waals surface area contributed by atoms with Crippen LogP contribution in [0.25, 0.3) is 10.8 Å². The summed E-state index contributed by atoms with van der Waals surface area (Å²) in [5.41, 5.74) is 1.22. The molecule has 0 aliphatic carbocycles. The molecule has 3 rings (SSSR count). The molecule has 0 atom stereocenters. The molecule has 2 heterocycles. The Bertz CT molecular complexity index is 664. The highest BCUT2D eigenvalue weighted by molar-refractivity contribution is 5.81. The van der Waals surface area contributed by atoms with E-state index in [0.717, 1.165) is 37.9 Å². The van der Waals surface area contributed by atoms with Gasteiger partial charge >= 0.3 is 6.18 Å². The Morgan fingerprint density at radius 2 is 1.92 bits per heavy atom. The second kappa shape index (κ2) is 7.49. The molecule has 24 heavy (non-hydrogen) atoms. The van der Waals surface area contributed by atoms with Gasteiger partial charge in [-0.3, -0.25) is 4.98 Å². The third-order valence-corrected chi connectivity index (χ3v) is 4.60. The number of alkyl halides is 3. The zero-order valence-corrected chi connectivity index (χ0v) is 13.5. The highest BCUT2D eigenvalue weighted by atomic mass is 19.4. The molecule has 1 aliphatic heterocycles. The second-order valence-electron chi connectivity index (χ2n) is 6.42. The fourth-order valence-electron chi connectivity index (χ4n) is 3.15. The number of nitrogens with zero attached hydrogens (tertiary/aromatic N) is 2. The number of likely N-dealkylation sites (tertiary alicyclic amines) is 1. The first-order valence-corrected chi connectivity index (χ1v) is 8.35. The summed E-state index contributed by atoms with van der Waals surface area (Å²) in [6.07, 6.45) is 0.669. The van der Waals surface area contributed by atoms with E-state index in [4.69, 9.17) is 0 Å². The Morgan fingerprint density at radius 1 is 1.12 bits per heavy atom. The molecule has 0 spiro atoms. The predicted molar refractivity (Wildman–Crippen MR) is 88.7 cm³/mol. The van der Waals surface area contributed by atoms with Gasteiger partial charge in [-0.1, -0.05) is 12.1 Å². The number of aromatic nitrogens is 1. The maximum atomic E-state index is 12.3. The van der Waals surface area contributed by atoms with Crippen molar-refractivity contribution in [3.8, 4) is 0 Å². The summed E-state index contributed by atoms with van der Waals surface area (Å²) in [5.74, 6) is 0. The first-order chi connectivity index (χ1) is 11.5. The fourth-order valence-corrected chi connectivity index (χ4v) is 3.15. The van der Waals surface area contributed by atoms with Crippen molar-refractivity contribution in [2.75, 3.05) is 19.6 Å². The largest absolute Gasteiger partial charge is 0.390 e. The van der Waals surface area contributed by atoms with Crippen molar-refractivity contribution in [1.82, 2.24) is 15.2 Å². The minimum absolute atomic E-state index is 0.120. The molecule has 2 aromatic rings. The molecular formula is C18H22F3N3. The Balaban J connectivity index is 1.44. The van der Waals surface area contributed by atoms with Gasteiger partial charge in [-0.25, -0.2) is 0 Å². The number of hydrogen-bond acceptors (Lipinski definition) is 3. The Hall–Kier alpha value is -1.66. The highest BCUT2D eigenvalue weighted by Crippen LogP contribution is 2.21. The van der Waals surface area contributed by atoms with E-state index in [2.05, 4.69) is 28.5 Å². The fraction of sp³-hybridized carbons (Fsp3) is 0.500. The molecule has 6 heteroatoms. The van der Waals surface area contributed by atoms with E-state index in [0.29, 0.717) is 6.04 Å². The molecule has 0 unspecified atom stereocenters. The number of nitrogens with one attached hydrogen (secondary N) is 1. The van der Waals surface area contributed by atoms with E-state index < -0.39 is 12.6 Å². The van der Waals surface area contributed by atoms with Gasteiger partial charge in [0.1, 0.15) is 0 Å². The lowest BCUT2D eigenvalue weighted by atomic mass is 10.0. The van der Waals surface area contributed by atoms with Crippen molar-refractivity contribution >= 4 is 10.8 Å². The van der Waals surface area contributed by atoms with Crippen LogP contribution < -0.4 is 5.32 Å². The third-order valence-electron chi connectivity index (χ3n) is 4.60. The highest BCUT2D eigenvalue weighted by Gasteiger charge is 2.28. The van der Waals surface area contributed by atoms with E-state index >= 15 is 0 Å². The van der Waals surface area contributed by atoms with Crippen molar-refractivity contribution in [3.63, 3.8) is 0 Å². The van der Waals surface area contributed by atoms with Crippen LogP contribution in [0, 0.1) is 0 Å². The van der Waals surface area contributed by atoms with Gasteiger partial charge in [0.05, 0.1) is 6.42 Å². The van der Waals surface area contributed by atoms with Crippen LogP contribution in [-0.4, -0.2) is 41.7 Å². The standard InChI is InChI=1S/C18H22F3N3/c19-18(20,21)6-10-24-8-4-17(5-9-24)23-12-14-1-2-16-13-22-7-3-15(16)11-14/h1-3,7,11,13,17,23H,4-6,8-10,12H2. The zero-order valence-electron chi connectivity index (χ0n) is 13.5. The van der Waals surface area contributed by atoms with Gasteiger partial charge in [0.25, 0.3) is 0 Å². The normalized spacial score (nSPS) is 17.5. The molecule has 1 aliphatic rings. The predicted octanol–water partition coefficient (Wildman–Crippen LogP) is 3.74. The number of benzene rings is 1. The maximum absolute atomic E-state index is 12.3. The summed E-state index contributed by atoms with van der Waals surface area (Å²) in [5, 5.41) is 5.83. The quantitative estimate of drug-likeness (QED) is 0.901. The van der Waals surface area contributed by atoms with Crippen molar-refractivity contribution in [2.24, 2.45) is 0 Å². The topological polar surface area (TPSA) is 28.2 Å². The molecule has 130 valence electrons. The van der Waals surface area contributed by atoms with Gasteiger partial charge in [-0.2, -0.15) is 13.2 Å². The minimum atomic E-state index is -4.05. The van der Waals surface area contributed by atoms with Crippen LogP contribution in [0.15, 0.2) is 36.7 Å². The van der Waals surface area contributed by atoms with Crippen molar-refractivity contribution in [1.29, 1.82) is 0 Å². The van der Waals surface area contributed by atoms with Crippen LogP contribution in [0.5, 0.6) is 0 Å². The summed E-state index contributed by atoms with van der Waals surface area (Å²) in [6, 6.07) is 8.69. The van der Waals surface area contributed by atoms with Crippen LogP contribution in [0.1, 0.15) is 24.8 Å². The summed E-state index contributed by atoms with van der Waals surface area (Å²) in [4.78, 5) is 6.02. The molecule has 0 saturated carbocycles. The van der Waals surface area contributed by atoms with Crippen LogP contribution in [-0.2, 0) is 6.54 Å². The van der Waals surface area contributed by atoms with Gasteiger partial charge in [0, 0.05) is 36.9 Å². The van der Waals surface area contributed by atoms with E-state index in [-0.39, 0.29) is 6.54 Å². The van der Waals surface area contributed by atoms with Gasteiger partial charge in [0.2, 0.25) is 0 Å². The maximum Gasteiger partial charge on any atom is 0.390 e. The number of rotatable bonds is 5. The minimum Gasteiger partial charge on any atom is -0.310 e. The molecule has 1 aromatic heterocycles. The van der Waals surface area contributed by atoms with Crippen molar-refractivity contribution < 1.29 is 13.2 Å². The van der Waals surface area contributed by atoms with Crippen LogP contribution in [0.3, 0.4) is 0 Å². The van der Waals surface area contributed by atoms with E-state index in [1.807, 2.05) is 17.2 Å². The summed E-state index contributed by atoms with van der Waals surface area (Å²) in [7, 11) is 0. The number of piperidine rings is 1. The molecule has 1 aromatic carbocycles. The molecule has 0 amide bonds. The van der Waals surface area contributed by atoms with Crippen LogP contribution in [0.2, 0.25) is 0 Å². The van der Waals surface area contributed by atoms with Gasteiger partial charge in [-0.15, -0.1) is 0 Å². The summed E-state index contributed by atoms with van der Waals surface area (Å²) in [6.45, 7) is 2.37. The average molecular weight is 337 g/mol. The summed E-state index contributed by atoms with van der Waals surface area (Å²) < 4.78 is 36.8. The lowest BCUT2D eigenvalue weighted by Crippen LogP contribution is -2.43. The summed E-state index contributed by atoms with van der Waals surface area (Å²) >= 11 is 0. The molecule has 1 fully saturated rings. The number of fused-ring (bicyclic) bond motifs is 1. The molecule has 1 N–H and O–H groups in total. The molecule has 1 saturated heterocycles. The number of halogens is 3. The van der Waals surface area contributed by atoms with Gasteiger partial charge < -0.3 is 10.2 Å². The first kappa shape index (κ1) is 17.2. The Morgan fingerprint density at radius 3 is 2.67 bits per heavy atom. The zero-order chi connectivity index (χ0) is 17.0. The molecular weight excluding hydrogens is 315 g/mol. The number of pyridine rings is 1. The molecule has 0 radical (unpaired) electrons. The number of hydrogen-bond donors (Lipinski definition) is 1. The molecule has 3 nitrogen and oxygen atoms in total.